The first kappa shape index (κ1) is 18.7. The highest BCUT2D eigenvalue weighted by Gasteiger charge is 2.13. The van der Waals surface area contributed by atoms with Crippen molar-refractivity contribution in [2.75, 3.05) is 17.7 Å². The number of carbonyl (C=O) groups excluding carboxylic acids is 1. The van der Waals surface area contributed by atoms with Crippen LogP contribution in [-0.2, 0) is 4.74 Å². The maximum Gasteiger partial charge on any atom is 0.339 e. The molecule has 6 nitrogen and oxygen atoms in total. The molecular weight excluding hydrogens is 364 g/mol. The summed E-state index contributed by atoms with van der Waals surface area (Å²) >= 11 is 6.08. The van der Waals surface area contributed by atoms with E-state index in [0.717, 1.165) is 16.9 Å². The van der Waals surface area contributed by atoms with Crippen molar-refractivity contribution < 1.29 is 9.53 Å². The number of methoxy groups -OCH3 is 1. The number of hydrogen-bond acceptors (Lipinski definition) is 6. The zero-order valence-corrected chi connectivity index (χ0v) is 16.0. The zero-order valence-electron chi connectivity index (χ0n) is 15.2. The lowest BCUT2D eigenvalue weighted by Crippen LogP contribution is -2.08. The maximum absolute atomic E-state index is 11.9. The average Bonchev–Trinajstić information content (AvgIpc) is 2.64. The van der Waals surface area contributed by atoms with Gasteiger partial charge in [-0.05, 0) is 43.7 Å². The molecule has 27 heavy (non-hydrogen) atoms. The quantitative estimate of drug-likeness (QED) is 0.603. The molecule has 0 spiro atoms. The van der Waals surface area contributed by atoms with Crippen LogP contribution in [0.2, 0.25) is 5.02 Å². The van der Waals surface area contributed by atoms with Gasteiger partial charge >= 0.3 is 5.97 Å². The summed E-state index contributed by atoms with van der Waals surface area (Å²) in [4.78, 5) is 20.8. The molecule has 0 unspecified atom stereocenters. The van der Waals surface area contributed by atoms with Crippen LogP contribution in [0.25, 0.3) is 0 Å². The Hall–Kier alpha value is -3.12. The number of hydrogen-bond donors (Lipinski definition) is 2. The number of benzene rings is 2. The van der Waals surface area contributed by atoms with Crippen LogP contribution in [0.1, 0.15) is 21.6 Å². The van der Waals surface area contributed by atoms with Crippen LogP contribution in [-0.4, -0.2) is 23.0 Å². The fourth-order valence-electron chi connectivity index (χ4n) is 2.56. The van der Waals surface area contributed by atoms with E-state index in [2.05, 4.69) is 20.6 Å². The third-order valence-corrected chi connectivity index (χ3v) is 4.13. The molecule has 7 heteroatoms. The number of halogens is 1. The van der Waals surface area contributed by atoms with E-state index < -0.39 is 5.97 Å². The molecule has 2 aromatic carbocycles. The van der Waals surface area contributed by atoms with Gasteiger partial charge in [0.15, 0.2) is 0 Å². The standard InChI is InChI=1S/C20H19ClN4O2/c1-12-8-9-14(21)11-17(12)23-18-10-13(2)22-20(25-18)24-16-7-5-4-6-15(16)19(26)27-3/h4-11H,1-3H3,(H2,22,23,24,25). The SMILES string of the molecule is COC(=O)c1ccccc1Nc1nc(C)cc(Nc2cc(Cl)ccc2C)n1. The van der Waals surface area contributed by atoms with Gasteiger partial charge in [-0.2, -0.15) is 4.98 Å². The van der Waals surface area contributed by atoms with Gasteiger partial charge in [-0.3, -0.25) is 0 Å². The predicted molar refractivity (Wildman–Crippen MR) is 107 cm³/mol. The Balaban J connectivity index is 1.91. The molecule has 0 aliphatic rings. The van der Waals surface area contributed by atoms with E-state index in [-0.39, 0.29) is 0 Å². The van der Waals surface area contributed by atoms with E-state index in [4.69, 9.17) is 16.3 Å². The second-order valence-corrected chi connectivity index (χ2v) is 6.40. The number of para-hydroxylation sites is 1. The summed E-state index contributed by atoms with van der Waals surface area (Å²) in [5.41, 5.74) is 3.65. The van der Waals surface area contributed by atoms with Crippen molar-refractivity contribution in [1.82, 2.24) is 9.97 Å². The fourth-order valence-corrected chi connectivity index (χ4v) is 2.73. The Morgan fingerprint density at radius 2 is 1.78 bits per heavy atom. The number of aromatic nitrogens is 2. The van der Waals surface area contributed by atoms with Crippen LogP contribution in [0.15, 0.2) is 48.5 Å². The summed E-state index contributed by atoms with van der Waals surface area (Å²) in [5.74, 6) is 0.554. The number of ether oxygens (including phenoxy) is 1. The van der Waals surface area contributed by atoms with E-state index in [1.54, 1.807) is 18.2 Å². The van der Waals surface area contributed by atoms with Gasteiger partial charge in [-0.15, -0.1) is 0 Å². The Kier molecular flexibility index (Phi) is 5.57. The van der Waals surface area contributed by atoms with E-state index in [1.165, 1.54) is 7.11 Å². The Labute approximate surface area is 162 Å². The highest BCUT2D eigenvalue weighted by Crippen LogP contribution is 2.25. The van der Waals surface area contributed by atoms with Gasteiger partial charge < -0.3 is 15.4 Å². The lowest BCUT2D eigenvalue weighted by atomic mass is 10.2. The molecule has 0 aliphatic heterocycles. The molecule has 0 atom stereocenters. The minimum absolute atomic E-state index is 0.369. The second-order valence-electron chi connectivity index (χ2n) is 5.96. The van der Waals surface area contributed by atoms with Crippen LogP contribution in [0.5, 0.6) is 0 Å². The Morgan fingerprint density at radius 3 is 2.56 bits per heavy atom. The van der Waals surface area contributed by atoms with E-state index in [1.807, 2.05) is 44.2 Å². The summed E-state index contributed by atoms with van der Waals surface area (Å²) < 4.78 is 4.82. The molecule has 1 heterocycles. The monoisotopic (exact) mass is 382 g/mol. The summed E-state index contributed by atoms with van der Waals surface area (Å²) in [6, 6.07) is 14.5. The minimum Gasteiger partial charge on any atom is -0.465 e. The van der Waals surface area contributed by atoms with Crippen molar-refractivity contribution in [2.45, 2.75) is 13.8 Å². The third-order valence-electron chi connectivity index (χ3n) is 3.90. The van der Waals surface area contributed by atoms with Crippen molar-refractivity contribution >= 4 is 40.7 Å². The first-order valence-electron chi connectivity index (χ1n) is 8.29. The molecule has 2 N–H and O–H groups in total. The second kappa shape index (κ2) is 8.05. The van der Waals surface area contributed by atoms with Crippen LogP contribution in [0.3, 0.4) is 0 Å². The van der Waals surface area contributed by atoms with Gasteiger partial charge in [-0.25, -0.2) is 9.78 Å². The first-order valence-corrected chi connectivity index (χ1v) is 8.67. The van der Waals surface area contributed by atoms with Gasteiger partial charge in [0.25, 0.3) is 0 Å². The van der Waals surface area contributed by atoms with Crippen molar-refractivity contribution in [3.63, 3.8) is 0 Å². The van der Waals surface area contributed by atoms with Gasteiger partial charge in [0, 0.05) is 22.5 Å². The normalized spacial score (nSPS) is 10.4. The molecule has 3 aromatic rings. The molecule has 0 fully saturated rings. The zero-order chi connectivity index (χ0) is 19.4. The molecule has 0 bridgehead atoms. The van der Waals surface area contributed by atoms with Crippen LogP contribution < -0.4 is 10.6 Å². The highest BCUT2D eigenvalue weighted by molar-refractivity contribution is 6.30. The van der Waals surface area contributed by atoms with Gasteiger partial charge in [0.1, 0.15) is 5.82 Å². The molecule has 0 radical (unpaired) electrons. The van der Waals surface area contributed by atoms with E-state index in [0.29, 0.717) is 28.0 Å². The van der Waals surface area contributed by atoms with E-state index in [9.17, 15) is 4.79 Å². The lowest BCUT2D eigenvalue weighted by molar-refractivity contribution is 0.0602. The Bertz CT molecular complexity index is 991. The number of nitrogens with zero attached hydrogens (tertiary/aromatic N) is 2. The summed E-state index contributed by atoms with van der Waals surface area (Å²) in [5, 5.41) is 6.99. The first-order chi connectivity index (χ1) is 13.0. The number of carbonyl (C=O) groups is 1. The Morgan fingerprint density at radius 1 is 1.00 bits per heavy atom. The topological polar surface area (TPSA) is 76.1 Å². The number of aryl methyl sites for hydroxylation is 2. The highest BCUT2D eigenvalue weighted by atomic mass is 35.5. The van der Waals surface area contributed by atoms with Gasteiger partial charge in [0.05, 0.1) is 18.4 Å². The van der Waals surface area contributed by atoms with Crippen LogP contribution >= 0.6 is 11.6 Å². The van der Waals surface area contributed by atoms with Crippen LogP contribution in [0.4, 0.5) is 23.1 Å². The predicted octanol–water partition coefficient (Wildman–Crippen LogP) is 5.02. The van der Waals surface area contributed by atoms with Gasteiger partial charge in [0.2, 0.25) is 5.95 Å². The fraction of sp³-hybridized carbons (Fsp3) is 0.150. The molecule has 0 amide bonds. The summed E-state index contributed by atoms with van der Waals surface area (Å²) in [6.07, 6.45) is 0. The largest absolute Gasteiger partial charge is 0.465 e. The minimum atomic E-state index is -0.432. The van der Waals surface area contributed by atoms with E-state index >= 15 is 0 Å². The number of nitrogens with one attached hydrogen (secondary N) is 2. The van der Waals surface area contributed by atoms with Crippen molar-refractivity contribution in [3.8, 4) is 0 Å². The van der Waals surface area contributed by atoms with Crippen molar-refractivity contribution in [3.05, 3.63) is 70.4 Å². The molecular formula is C20H19ClN4O2. The molecule has 0 saturated heterocycles. The van der Waals surface area contributed by atoms with Crippen molar-refractivity contribution in [1.29, 1.82) is 0 Å². The van der Waals surface area contributed by atoms with Crippen LogP contribution in [0, 0.1) is 13.8 Å². The maximum atomic E-state index is 11.9. The van der Waals surface area contributed by atoms with Gasteiger partial charge in [-0.1, -0.05) is 29.8 Å². The van der Waals surface area contributed by atoms with Crippen molar-refractivity contribution in [2.24, 2.45) is 0 Å². The average molecular weight is 383 g/mol. The molecule has 0 aliphatic carbocycles. The summed E-state index contributed by atoms with van der Waals surface area (Å²) in [6.45, 7) is 3.85. The molecule has 138 valence electrons. The molecule has 3 rings (SSSR count). The number of anilines is 4. The summed E-state index contributed by atoms with van der Waals surface area (Å²) in [7, 11) is 1.34. The number of rotatable bonds is 5. The molecule has 0 saturated carbocycles. The lowest BCUT2D eigenvalue weighted by Gasteiger charge is -2.13. The third kappa shape index (κ3) is 4.54. The number of esters is 1. The molecule has 1 aromatic heterocycles. The smallest absolute Gasteiger partial charge is 0.339 e.